The number of hydrogen-bond acceptors (Lipinski definition) is 2. The van der Waals surface area contributed by atoms with Gasteiger partial charge in [0.25, 0.3) is 0 Å². The molecule has 0 aromatic rings. The van der Waals surface area contributed by atoms with Crippen LogP contribution >= 0.6 is 0 Å². The summed E-state index contributed by atoms with van der Waals surface area (Å²) < 4.78 is 0. The number of hydrogen-bond donors (Lipinski definition) is 0. The van der Waals surface area contributed by atoms with Crippen molar-refractivity contribution in [2.24, 2.45) is 10.8 Å². The molecule has 0 heterocycles. The molecule has 3 heteroatoms. The van der Waals surface area contributed by atoms with Crippen LogP contribution in [0.2, 0.25) is 0 Å². The monoisotopic (exact) mass is 209 g/mol. The Hall–Kier alpha value is -1.12. The molecule has 2 amide bonds. The summed E-state index contributed by atoms with van der Waals surface area (Å²) in [5.74, 6) is -0.0909. The van der Waals surface area contributed by atoms with Crippen LogP contribution in [0, 0.1) is 10.8 Å². The van der Waals surface area contributed by atoms with Crippen LogP contribution in [0.3, 0.4) is 0 Å². The summed E-state index contributed by atoms with van der Waals surface area (Å²) in [4.78, 5) is 23.9. The summed E-state index contributed by atoms with van der Waals surface area (Å²) >= 11 is 0. The molecule has 0 aromatic carbocycles. The Morgan fingerprint density at radius 2 is 1.80 bits per heavy atom. The highest BCUT2D eigenvalue weighted by Gasteiger charge is 2.48. The zero-order chi connectivity index (χ0) is 11.7. The molecular formula is C12H19NO2. The van der Waals surface area contributed by atoms with Crippen molar-refractivity contribution in [3.63, 3.8) is 0 Å². The third kappa shape index (κ3) is 1.83. The molecule has 0 spiro atoms. The van der Waals surface area contributed by atoms with Gasteiger partial charge < -0.3 is 0 Å². The largest absolute Gasteiger partial charge is 0.288 e. The zero-order valence-electron chi connectivity index (χ0n) is 9.91. The third-order valence-electron chi connectivity index (χ3n) is 3.77. The molecule has 15 heavy (non-hydrogen) atoms. The van der Waals surface area contributed by atoms with Gasteiger partial charge in [-0.1, -0.05) is 26.0 Å². The number of nitrogens with zero attached hydrogens (tertiary/aromatic N) is 1. The Morgan fingerprint density at radius 1 is 1.27 bits per heavy atom. The summed E-state index contributed by atoms with van der Waals surface area (Å²) in [6, 6.07) is 0. The number of amides is 2. The standard InChI is InChI=1S/C12H19NO2/c1-11(2)7-5-6-8-12(11,3)10(15)13(4)9-14/h5-6,9H,7-8H2,1-4H3/t12-/m0/s1. The minimum absolute atomic E-state index is 0.0909. The second-order valence-corrected chi connectivity index (χ2v) is 5.12. The molecule has 84 valence electrons. The molecule has 1 aliphatic carbocycles. The summed E-state index contributed by atoms with van der Waals surface area (Å²) in [5, 5.41) is 0. The van der Waals surface area contributed by atoms with Crippen molar-refractivity contribution in [3.05, 3.63) is 12.2 Å². The molecule has 1 atom stereocenters. The van der Waals surface area contributed by atoms with E-state index in [0.29, 0.717) is 12.8 Å². The van der Waals surface area contributed by atoms with E-state index in [2.05, 4.69) is 19.9 Å². The Kier molecular flexibility index (Phi) is 3.03. The fourth-order valence-electron chi connectivity index (χ4n) is 2.01. The highest BCUT2D eigenvalue weighted by atomic mass is 16.2. The number of allylic oxidation sites excluding steroid dienone is 2. The predicted molar refractivity (Wildman–Crippen MR) is 59.1 cm³/mol. The molecule has 0 fully saturated rings. The normalized spacial score (nSPS) is 28.5. The lowest BCUT2D eigenvalue weighted by Crippen LogP contribution is -2.49. The number of carbonyl (C=O) groups is 2. The molecule has 1 aliphatic rings. The molecule has 3 nitrogen and oxygen atoms in total. The first-order chi connectivity index (χ1) is 6.85. The van der Waals surface area contributed by atoms with E-state index in [1.807, 2.05) is 13.0 Å². The van der Waals surface area contributed by atoms with E-state index in [1.165, 1.54) is 7.05 Å². The summed E-state index contributed by atoms with van der Waals surface area (Å²) in [6.45, 7) is 6.10. The van der Waals surface area contributed by atoms with Crippen molar-refractivity contribution in [1.82, 2.24) is 4.90 Å². The van der Waals surface area contributed by atoms with Gasteiger partial charge >= 0.3 is 0 Å². The molecule has 0 radical (unpaired) electrons. The Bertz CT molecular complexity index is 307. The Morgan fingerprint density at radius 3 is 2.27 bits per heavy atom. The first kappa shape index (κ1) is 12.0. The van der Waals surface area contributed by atoms with Crippen molar-refractivity contribution in [2.45, 2.75) is 33.6 Å². The molecule has 0 saturated carbocycles. The maximum Gasteiger partial charge on any atom is 0.235 e. The van der Waals surface area contributed by atoms with Gasteiger partial charge in [-0.25, -0.2) is 0 Å². The maximum atomic E-state index is 12.1. The fourth-order valence-corrected chi connectivity index (χ4v) is 2.01. The van der Waals surface area contributed by atoms with E-state index in [4.69, 9.17) is 0 Å². The minimum atomic E-state index is -0.475. The number of imide groups is 1. The van der Waals surface area contributed by atoms with Crippen molar-refractivity contribution in [1.29, 1.82) is 0 Å². The highest BCUT2D eigenvalue weighted by molar-refractivity contribution is 5.91. The first-order valence-corrected chi connectivity index (χ1v) is 5.23. The van der Waals surface area contributed by atoms with Gasteiger partial charge in [0.05, 0.1) is 5.41 Å². The second kappa shape index (κ2) is 3.80. The SMILES string of the molecule is CN(C=O)C(=O)[C@]1(C)CC=CCC1(C)C. The topological polar surface area (TPSA) is 37.4 Å². The van der Waals surface area contributed by atoms with E-state index in [-0.39, 0.29) is 11.3 Å². The van der Waals surface area contributed by atoms with Gasteiger partial charge in [0.2, 0.25) is 12.3 Å². The molecule has 0 bridgehead atoms. The molecule has 0 aliphatic heterocycles. The quantitative estimate of drug-likeness (QED) is 0.515. The van der Waals surface area contributed by atoms with E-state index in [1.54, 1.807) is 0 Å². The lowest BCUT2D eigenvalue weighted by atomic mass is 9.60. The minimum Gasteiger partial charge on any atom is -0.288 e. The van der Waals surface area contributed by atoms with Crippen LogP contribution in [0.15, 0.2) is 12.2 Å². The maximum absolute atomic E-state index is 12.1. The van der Waals surface area contributed by atoms with Gasteiger partial charge in [0.1, 0.15) is 0 Å². The average Bonchev–Trinajstić information content (AvgIpc) is 2.20. The van der Waals surface area contributed by atoms with E-state index in [0.717, 1.165) is 11.3 Å². The van der Waals surface area contributed by atoms with Gasteiger partial charge in [-0.3, -0.25) is 14.5 Å². The van der Waals surface area contributed by atoms with Crippen LogP contribution in [-0.2, 0) is 9.59 Å². The average molecular weight is 209 g/mol. The molecule has 0 aromatic heterocycles. The van der Waals surface area contributed by atoms with E-state index < -0.39 is 5.41 Å². The third-order valence-corrected chi connectivity index (χ3v) is 3.77. The van der Waals surface area contributed by atoms with Crippen molar-refractivity contribution in [2.75, 3.05) is 7.05 Å². The Labute approximate surface area is 91.1 Å². The van der Waals surface area contributed by atoms with Gasteiger partial charge in [0, 0.05) is 7.05 Å². The fraction of sp³-hybridized carbons (Fsp3) is 0.667. The lowest BCUT2D eigenvalue weighted by Gasteiger charge is -2.45. The van der Waals surface area contributed by atoms with Crippen molar-refractivity contribution >= 4 is 12.3 Å². The first-order valence-electron chi connectivity index (χ1n) is 5.23. The summed E-state index contributed by atoms with van der Waals surface area (Å²) in [5.41, 5.74) is -0.576. The smallest absolute Gasteiger partial charge is 0.235 e. The van der Waals surface area contributed by atoms with Gasteiger partial charge in [-0.05, 0) is 25.2 Å². The van der Waals surface area contributed by atoms with Crippen molar-refractivity contribution in [3.8, 4) is 0 Å². The number of rotatable bonds is 2. The van der Waals surface area contributed by atoms with Crippen molar-refractivity contribution < 1.29 is 9.59 Å². The molecule has 0 saturated heterocycles. The van der Waals surface area contributed by atoms with Crippen LogP contribution in [0.5, 0.6) is 0 Å². The highest BCUT2D eigenvalue weighted by Crippen LogP contribution is 2.48. The second-order valence-electron chi connectivity index (χ2n) is 5.12. The Balaban J connectivity index is 3.04. The number of carbonyl (C=O) groups excluding carboxylic acids is 2. The van der Waals surface area contributed by atoms with Gasteiger partial charge in [0.15, 0.2) is 0 Å². The van der Waals surface area contributed by atoms with Crippen LogP contribution in [0.25, 0.3) is 0 Å². The van der Waals surface area contributed by atoms with Crippen LogP contribution in [0.4, 0.5) is 0 Å². The molecule has 1 rings (SSSR count). The van der Waals surface area contributed by atoms with Gasteiger partial charge in [-0.15, -0.1) is 0 Å². The zero-order valence-corrected chi connectivity index (χ0v) is 9.91. The summed E-state index contributed by atoms with van der Waals surface area (Å²) in [6.07, 6.45) is 6.30. The molecular weight excluding hydrogens is 190 g/mol. The van der Waals surface area contributed by atoms with Crippen LogP contribution in [-0.4, -0.2) is 24.3 Å². The van der Waals surface area contributed by atoms with Crippen LogP contribution in [0.1, 0.15) is 33.6 Å². The van der Waals surface area contributed by atoms with E-state index >= 15 is 0 Å². The molecule has 0 unspecified atom stereocenters. The van der Waals surface area contributed by atoms with E-state index in [9.17, 15) is 9.59 Å². The molecule has 0 N–H and O–H groups in total. The lowest BCUT2D eigenvalue weighted by molar-refractivity contribution is -0.150. The van der Waals surface area contributed by atoms with Gasteiger partial charge in [-0.2, -0.15) is 0 Å². The predicted octanol–water partition coefficient (Wildman–Crippen LogP) is 1.98. The summed E-state index contributed by atoms with van der Waals surface area (Å²) in [7, 11) is 1.52. The van der Waals surface area contributed by atoms with Crippen LogP contribution < -0.4 is 0 Å².